The Bertz CT molecular complexity index is 368. The summed E-state index contributed by atoms with van der Waals surface area (Å²) in [5, 5.41) is 11.3. The van der Waals surface area contributed by atoms with E-state index in [-0.39, 0.29) is 6.54 Å². The second-order valence-electron chi connectivity index (χ2n) is 3.18. The summed E-state index contributed by atoms with van der Waals surface area (Å²) in [7, 11) is 0. The number of hydrogen-bond donors (Lipinski definition) is 2. The zero-order chi connectivity index (χ0) is 12.0. The molecule has 0 amide bonds. The van der Waals surface area contributed by atoms with Crippen molar-refractivity contribution in [1.82, 2.24) is 5.32 Å². The lowest BCUT2D eigenvalue weighted by atomic mass is 10.2. The minimum Gasteiger partial charge on any atom is -0.494 e. The minimum absolute atomic E-state index is 0.0575. The van der Waals surface area contributed by atoms with Gasteiger partial charge in [0.05, 0.1) is 13.2 Å². The number of benzene rings is 1. The highest BCUT2D eigenvalue weighted by molar-refractivity contribution is 9.10. The maximum Gasteiger partial charge on any atom is 0.317 e. The smallest absolute Gasteiger partial charge is 0.317 e. The predicted molar refractivity (Wildman–Crippen MR) is 64.7 cm³/mol. The maximum absolute atomic E-state index is 10.4. The SMILES string of the molecule is CCOc1ccc(Br)cc1CNCC(=O)O. The van der Waals surface area contributed by atoms with Crippen LogP contribution < -0.4 is 10.1 Å². The van der Waals surface area contributed by atoms with Gasteiger partial charge in [-0.05, 0) is 25.1 Å². The molecule has 0 aliphatic heterocycles. The van der Waals surface area contributed by atoms with Crippen LogP contribution in [0, 0.1) is 0 Å². The molecule has 0 aliphatic rings. The van der Waals surface area contributed by atoms with E-state index in [1.165, 1.54) is 0 Å². The first-order valence-corrected chi connectivity index (χ1v) is 5.76. The van der Waals surface area contributed by atoms with Gasteiger partial charge in [0.25, 0.3) is 0 Å². The number of nitrogens with one attached hydrogen (secondary N) is 1. The van der Waals surface area contributed by atoms with Crippen LogP contribution in [0.4, 0.5) is 0 Å². The molecule has 2 N–H and O–H groups in total. The summed E-state index contributed by atoms with van der Waals surface area (Å²) in [6, 6.07) is 5.68. The van der Waals surface area contributed by atoms with Crippen LogP contribution in [-0.2, 0) is 11.3 Å². The normalized spacial score (nSPS) is 10.1. The molecule has 0 unspecified atom stereocenters. The average Bonchev–Trinajstić information content (AvgIpc) is 2.21. The molecule has 1 aromatic rings. The molecule has 16 heavy (non-hydrogen) atoms. The van der Waals surface area contributed by atoms with E-state index in [0.717, 1.165) is 15.8 Å². The highest BCUT2D eigenvalue weighted by atomic mass is 79.9. The van der Waals surface area contributed by atoms with Gasteiger partial charge in [-0.1, -0.05) is 15.9 Å². The highest BCUT2D eigenvalue weighted by Gasteiger charge is 2.04. The zero-order valence-corrected chi connectivity index (χ0v) is 10.6. The number of halogens is 1. The van der Waals surface area contributed by atoms with Gasteiger partial charge >= 0.3 is 5.97 Å². The Balaban J connectivity index is 2.67. The van der Waals surface area contributed by atoms with Crippen LogP contribution in [0.2, 0.25) is 0 Å². The fourth-order valence-electron chi connectivity index (χ4n) is 1.29. The summed E-state index contributed by atoms with van der Waals surface area (Å²) in [5.41, 5.74) is 0.942. The molecule has 5 heteroatoms. The quantitative estimate of drug-likeness (QED) is 0.841. The number of ether oxygens (including phenoxy) is 1. The summed E-state index contributed by atoms with van der Waals surface area (Å²) >= 11 is 3.37. The van der Waals surface area contributed by atoms with Gasteiger partial charge in [0.1, 0.15) is 5.75 Å². The van der Waals surface area contributed by atoms with E-state index < -0.39 is 5.97 Å². The van der Waals surface area contributed by atoms with E-state index in [0.29, 0.717) is 13.2 Å². The first-order valence-electron chi connectivity index (χ1n) is 4.97. The molecule has 1 aromatic carbocycles. The Morgan fingerprint density at radius 3 is 2.94 bits per heavy atom. The largest absolute Gasteiger partial charge is 0.494 e. The van der Waals surface area contributed by atoms with E-state index >= 15 is 0 Å². The van der Waals surface area contributed by atoms with Gasteiger partial charge < -0.3 is 15.2 Å². The van der Waals surface area contributed by atoms with Crippen LogP contribution >= 0.6 is 15.9 Å². The van der Waals surface area contributed by atoms with E-state index in [1.807, 2.05) is 25.1 Å². The van der Waals surface area contributed by atoms with E-state index in [4.69, 9.17) is 9.84 Å². The molecule has 0 aliphatic carbocycles. The van der Waals surface area contributed by atoms with Crippen LogP contribution in [0.3, 0.4) is 0 Å². The van der Waals surface area contributed by atoms with Gasteiger partial charge in [0, 0.05) is 16.6 Å². The van der Waals surface area contributed by atoms with Crippen molar-refractivity contribution in [3.05, 3.63) is 28.2 Å². The number of carboxylic acids is 1. The summed E-state index contributed by atoms with van der Waals surface area (Å²) in [4.78, 5) is 10.4. The van der Waals surface area contributed by atoms with Crippen molar-refractivity contribution in [1.29, 1.82) is 0 Å². The molecule has 0 saturated carbocycles. The molecular weight excluding hydrogens is 274 g/mol. The average molecular weight is 288 g/mol. The number of aliphatic carboxylic acids is 1. The number of carbonyl (C=O) groups is 1. The van der Waals surface area contributed by atoms with E-state index in [2.05, 4.69) is 21.2 Å². The molecule has 0 aromatic heterocycles. The second kappa shape index (κ2) is 6.50. The Kier molecular flexibility index (Phi) is 5.28. The highest BCUT2D eigenvalue weighted by Crippen LogP contribution is 2.23. The van der Waals surface area contributed by atoms with Crippen LogP contribution in [0.25, 0.3) is 0 Å². The van der Waals surface area contributed by atoms with E-state index in [9.17, 15) is 4.79 Å². The van der Waals surface area contributed by atoms with Crippen LogP contribution in [0.5, 0.6) is 5.75 Å². The topological polar surface area (TPSA) is 58.6 Å². The van der Waals surface area contributed by atoms with Gasteiger partial charge in [-0.3, -0.25) is 4.79 Å². The van der Waals surface area contributed by atoms with Gasteiger partial charge in [-0.25, -0.2) is 0 Å². The molecule has 0 saturated heterocycles. The van der Waals surface area contributed by atoms with Crippen molar-refractivity contribution in [2.24, 2.45) is 0 Å². The molecule has 0 spiro atoms. The predicted octanol–water partition coefficient (Wildman–Crippen LogP) is 2.02. The summed E-state index contributed by atoms with van der Waals surface area (Å²) in [6.07, 6.45) is 0. The molecule has 88 valence electrons. The molecule has 0 radical (unpaired) electrons. The zero-order valence-electron chi connectivity index (χ0n) is 9.00. The Hall–Kier alpha value is -1.07. The van der Waals surface area contributed by atoms with Crippen molar-refractivity contribution < 1.29 is 14.6 Å². The van der Waals surface area contributed by atoms with Gasteiger partial charge in [0.2, 0.25) is 0 Å². The monoisotopic (exact) mass is 287 g/mol. The van der Waals surface area contributed by atoms with Crippen LogP contribution in [0.1, 0.15) is 12.5 Å². The van der Waals surface area contributed by atoms with Crippen molar-refractivity contribution in [2.75, 3.05) is 13.2 Å². The Morgan fingerprint density at radius 1 is 1.56 bits per heavy atom. The van der Waals surface area contributed by atoms with Crippen molar-refractivity contribution in [3.63, 3.8) is 0 Å². The van der Waals surface area contributed by atoms with E-state index in [1.54, 1.807) is 0 Å². The third-order valence-corrected chi connectivity index (χ3v) is 2.41. The van der Waals surface area contributed by atoms with Gasteiger partial charge in [0.15, 0.2) is 0 Å². The van der Waals surface area contributed by atoms with Crippen LogP contribution in [0.15, 0.2) is 22.7 Å². The van der Waals surface area contributed by atoms with Crippen molar-refractivity contribution in [2.45, 2.75) is 13.5 Å². The first-order chi connectivity index (χ1) is 7.63. The van der Waals surface area contributed by atoms with Crippen LogP contribution in [-0.4, -0.2) is 24.2 Å². The Morgan fingerprint density at radius 2 is 2.31 bits per heavy atom. The fraction of sp³-hybridized carbons (Fsp3) is 0.364. The lowest BCUT2D eigenvalue weighted by molar-refractivity contribution is -0.136. The maximum atomic E-state index is 10.4. The molecule has 0 fully saturated rings. The number of carboxylic acid groups (broad SMARTS) is 1. The molecule has 0 heterocycles. The third kappa shape index (κ3) is 4.20. The molecule has 0 bridgehead atoms. The third-order valence-electron chi connectivity index (χ3n) is 1.91. The van der Waals surface area contributed by atoms with Crippen molar-refractivity contribution >= 4 is 21.9 Å². The van der Waals surface area contributed by atoms with Crippen molar-refractivity contribution in [3.8, 4) is 5.75 Å². The minimum atomic E-state index is -0.868. The lowest BCUT2D eigenvalue weighted by Gasteiger charge is -2.10. The standard InChI is InChI=1S/C11H14BrNO3/c1-2-16-10-4-3-9(12)5-8(10)6-13-7-11(14)15/h3-5,13H,2,6-7H2,1H3,(H,14,15). The lowest BCUT2D eigenvalue weighted by Crippen LogP contribution is -2.22. The second-order valence-corrected chi connectivity index (χ2v) is 4.10. The summed E-state index contributed by atoms with van der Waals surface area (Å²) in [5.74, 6) is -0.0865. The number of hydrogen-bond acceptors (Lipinski definition) is 3. The molecule has 1 rings (SSSR count). The summed E-state index contributed by atoms with van der Waals surface area (Å²) in [6.45, 7) is 2.92. The molecular formula is C11H14BrNO3. The molecule has 4 nitrogen and oxygen atoms in total. The number of rotatable bonds is 6. The van der Waals surface area contributed by atoms with Gasteiger partial charge in [-0.2, -0.15) is 0 Å². The Labute approximate surface area is 103 Å². The van der Waals surface area contributed by atoms with Gasteiger partial charge in [-0.15, -0.1) is 0 Å². The fourth-order valence-corrected chi connectivity index (χ4v) is 1.70. The molecule has 0 atom stereocenters. The first kappa shape index (κ1) is 13.0. The summed E-state index contributed by atoms with van der Waals surface area (Å²) < 4.78 is 6.39.